The number of amides is 1. The number of benzene rings is 2. The topological polar surface area (TPSA) is 98.1 Å². The van der Waals surface area contributed by atoms with E-state index in [-0.39, 0.29) is 29.4 Å². The molecule has 0 radical (unpaired) electrons. The van der Waals surface area contributed by atoms with Crippen LogP contribution in [0.2, 0.25) is 0 Å². The lowest BCUT2D eigenvalue weighted by Crippen LogP contribution is -2.40. The molecule has 3 aromatic rings. The smallest absolute Gasteiger partial charge is 0.291 e. The third-order valence-corrected chi connectivity index (χ3v) is 6.74. The molecular weight excluding hydrogens is 420 g/mol. The SMILES string of the molecule is Cc1ccoc1C(=O)Nc1cc(S(=O)(=O)N2CCOCC2)ccc1Oc1ccccc1. The van der Waals surface area contributed by atoms with Gasteiger partial charge in [0.15, 0.2) is 11.5 Å². The first kappa shape index (κ1) is 21.1. The van der Waals surface area contributed by atoms with Crippen molar-refractivity contribution in [3.63, 3.8) is 0 Å². The Hall–Kier alpha value is -3.14. The van der Waals surface area contributed by atoms with Crippen molar-refractivity contribution in [1.29, 1.82) is 0 Å². The number of nitrogens with zero attached hydrogens (tertiary/aromatic N) is 1. The summed E-state index contributed by atoms with van der Waals surface area (Å²) < 4.78 is 43.9. The zero-order valence-electron chi connectivity index (χ0n) is 16.9. The Bertz CT molecular complexity index is 1170. The summed E-state index contributed by atoms with van der Waals surface area (Å²) in [5, 5.41) is 2.72. The van der Waals surface area contributed by atoms with E-state index in [0.717, 1.165) is 0 Å². The van der Waals surface area contributed by atoms with Gasteiger partial charge in [-0.05, 0) is 43.3 Å². The minimum atomic E-state index is -3.75. The molecule has 1 saturated heterocycles. The Morgan fingerprint density at radius 2 is 1.81 bits per heavy atom. The average Bonchev–Trinajstić information content (AvgIpc) is 3.22. The van der Waals surface area contributed by atoms with Gasteiger partial charge in [0.05, 0.1) is 30.1 Å². The van der Waals surface area contributed by atoms with Crippen LogP contribution >= 0.6 is 0 Å². The van der Waals surface area contributed by atoms with Crippen molar-refractivity contribution in [2.24, 2.45) is 0 Å². The first-order valence-electron chi connectivity index (χ1n) is 9.75. The lowest BCUT2D eigenvalue weighted by Gasteiger charge is -2.26. The van der Waals surface area contributed by atoms with Crippen molar-refractivity contribution in [2.75, 3.05) is 31.6 Å². The molecule has 1 N–H and O–H groups in total. The number of hydrogen-bond acceptors (Lipinski definition) is 6. The molecule has 0 aliphatic carbocycles. The number of nitrogens with one attached hydrogen (secondary N) is 1. The van der Waals surface area contributed by atoms with Crippen molar-refractivity contribution < 1.29 is 27.1 Å². The molecule has 9 heteroatoms. The number of carbonyl (C=O) groups is 1. The van der Waals surface area contributed by atoms with Crippen LogP contribution in [0.15, 0.2) is 70.2 Å². The summed E-state index contributed by atoms with van der Waals surface area (Å²) in [4.78, 5) is 12.8. The highest BCUT2D eigenvalue weighted by Crippen LogP contribution is 2.33. The molecule has 0 saturated carbocycles. The molecular formula is C22H22N2O6S. The van der Waals surface area contributed by atoms with Crippen LogP contribution in [0.1, 0.15) is 16.1 Å². The third kappa shape index (κ3) is 4.63. The first-order valence-corrected chi connectivity index (χ1v) is 11.2. The van der Waals surface area contributed by atoms with E-state index in [0.29, 0.717) is 30.3 Å². The number of anilines is 1. The Balaban J connectivity index is 1.69. The van der Waals surface area contributed by atoms with Gasteiger partial charge >= 0.3 is 0 Å². The molecule has 0 atom stereocenters. The van der Waals surface area contributed by atoms with Gasteiger partial charge in [-0.3, -0.25) is 4.79 Å². The van der Waals surface area contributed by atoms with Crippen LogP contribution in [0.25, 0.3) is 0 Å². The molecule has 0 bridgehead atoms. The first-order chi connectivity index (χ1) is 14.9. The molecule has 2 aromatic carbocycles. The van der Waals surface area contributed by atoms with Crippen LogP contribution in [0.5, 0.6) is 11.5 Å². The quantitative estimate of drug-likeness (QED) is 0.626. The lowest BCUT2D eigenvalue weighted by molar-refractivity contribution is 0.0730. The van der Waals surface area contributed by atoms with Crippen LogP contribution in [0, 0.1) is 6.92 Å². The molecule has 4 rings (SSSR count). The van der Waals surface area contributed by atoms with Crippen LogP contribution in [0.4, 0.5) is 5.69 Å². The van der Waals surface area contributed by atoms with Crippen LogP contribution < -0.4 is 10.1 Å². The van der Waals surface area contributed by atoms with Gasteiger partial charge in [0.25, 0.3) is 5.91 Å². The molecule has 1 fully saturated rings. The number of aryl methyl sites for hydroxylation is 1. The van der Waals surface area contributed by atoms with Gasteiger partial charge in [0, 0.05) is 18.7 Å². The predicted molar refractivity (Wildman–Crippen MR) is 114 cm³/mol. The van der Waals surface area contributed by atoms with E-state index >= 15 is 0 Å². The largest absolute Gasteiger partial charge is 0.459 e. The van der Waals surface area contributed by atoms with E-state index in [4.69, 9.17) is 13.9 Å². The van der Waals surface area contributed by atoms with E-state index in [1.165, 1.54) is 28.8 Å². The monoisotopic (exact) mass is 442 g/mol. The number of ether oxygens (including phenoxy) is 2. The van der Waals surface area contributed by atoms with Crippen molar-refractivity contribution >= 4 is 21.6 Å². The summed E-state index contributed by atoms with van der Waals surface area (Å²) in [6, 6.07) is 15.1. The maximum Gasteiger partial charge on any atom is 0.291 e. The summed E-state index contributed by atoms with van der Waals surface area (Å²) >= 11 is 0. The number of carbonyl (C=O) groups excluding carboxylic acids is 1. The van der Waals surface area contributed by atoms with Gasteiger partial charge in [-0.25, -0.2) is 8.42 Å². The number of furan rings is 1. The van der Waals surface area contributed by atoms with Crippen LogP contribution in [-0.2, 0) is 14.8 Å². The average molecular weight is 442 g/mol. The third-order valence-electron chi connectivity index (χ3n) is 4.85. The van der Waals surface area contributed by atoms with Gasteiger partial charge in [-0.1, -0.05) is 18.2 Å². The minimum Gasteiger partial charge on any atom is -0.459 e. The Morgan fingerprint density at radius 1 is 1.06 bits per heavy atom. The Morgan fingerprint density at radius 3 is 2.48 bits per heavy atom. The number of rotatable bonds is 6. The lowest BCUT2D eigenvalue weighted by atomic mass is 10.2. The fourth-order valence-electron chi connectivity index (χ4n) is 3.19. The zero-order chi connectivity index (χ0) is 21.8. The van der Waals surface area contributed by atoms with Gasteiger partial charge in [-0.2, -0.15) is 4.31 Å². The second-order valence-electron chi connectivity index (χ2n) is 6.98. The van der Waals surface area contributed by atoms with Crippen molar-refractivity contribution in [1.82, 2.24) is 4.31 Å². The zero-order valence-corrected chi connectivity index (χ0v) is 17.7. The summed E-state index contributed by atoms with van der Waals surface area (Å²) in [6.45, 7) is 2.99. The van der Waals surface area contributed by atoms with Crippen molar-refractivity contribution in [2.45, 2.75) is 11.8 Å². The summed E-state index contributed by atoms with van der Waals surface area (Å²) in [7, 11) is -3.75. The molecule has 31 heavy (non-hydrogen) atoms. The molecule has 0 unspecified atom stereocenters. The summed E-state index contributed by atoms with van der Waals surface area (Å²) in [5.41, 5.74) is 0.888. The second-order valence-corrected chi connectivity index (χ2v) is 8.91. The minimum absolute atomic E-state index is 0.0567. The Kier molecular flexibility index (Phi) is 6.08. The van der Waals surface area contributed by atoms with E-state index in [9.17, 15) is 13.2 Å². The van der Waals surface area contributed by atoms with Gasteiger partial charge in [0.1, 0.15) is 5.75 Å². The predicted octanol–water partition coefficient (Wildman–Crippen LogP) is 3.65. The maximum atomic E-state index is 13.1. The highest BCUT2D eigenvalue weighted by Gasteiger charge is 2.27. The van der Waals surface area contributed by atoms with Gasteiger partial charge < -0.3 is 19.2 Å². The number of para-hydroxylation sites is 1. The molecule has 1 amide bonds. The molecule has 0 spiro atoms. The van der Waals surface area contributed by atoms with E-state index in [1.54, 1.807) is 25.1 Å². The summed E-state index contributed by atoms with van der Waals surface area (Å²) in [5.74, 6) is 0.508. The molecule has 1 aliphatic heterocycles. The molecule has 2 heterocycles. The number of morpholine rings is 1. The number of sulfonamides is 1. The van der Waals surface area contributed by atoms with E-state index < -0.39 is 15.9 Å². The normalized spacial score (nSPS) is 14.9. The molecule has 1 aromatic heterocycles. The van der Waals surface area contributed by atoms with Gasteiger partial charge in [-0.15, -0.1) is 0 Å². The van der Waals surface area contributed by atoms with Crippen molar-refractivity contribution in [3.05, 3.63) is 72.2 Å². The highest BCUT2D eigenvalue weighted by molar-refractivity contribution is 7.89. The highest BCUT2D eigenvalue weighted by atomic mass is 32.2. The standard InChI is InChI=1S/C22H22N2O6S/c1-16-9-12-29-21(16)22(25)23-19-15-18(31(26,27)24-10-13-28-14-11-24)7-8-20(19)30-17-5-3-2-4-6-17/h2-9,12,15H,10-11,13-14H2,1H3,(H,23,25). The van der Waals surface area contributed by atoms with E-state index in [1.807, 2.05) is 18.2 Å². The Labute approximate surface area is 180 Å². The second kappa shape index (κ2) is 8.93. The van der Waals surface area contributed by atoms with Crippen molar-refractivity contribution in [3.8, 4) is 11.5 Å². The van der Waals surface area contributed by atoms with Gasteiger partial charge in [0.2, 0.25) is 10.0 Å². The van der Waals surface area contributed by atoms with Crippen LogP contribution in [-0.4, -0.2) is 44.9 Å². The molecule has 162 valence electrons. The fourth-order valence-corrected chi connectivity index (χ4v) is 4.63. The number of hydrogen-bond donors (Lipinski definition) is 1. The molecule has 1 aliphatic rings. The van der Waals surface area contributed by atoms with Crippen LogP contribution in [0.3, 0.4) is 0 Å². The maximum absolute atomic E-state index is 13.1. The molecule has 8 nitrogen and oxygen atoms in total. The summed E-state index contributed by atoms with van der Waals surface area (Å²) in [6.07, 6.45) is 1.42. The fraction of sp³-hybridized carbons (Fsp3) is 0.227. The van der Waals surface area contributed by atoms with E-state index in [2.05, 4.69) is 5.32 Å².